The van der Waals surface area contributed by atoms with E-state index in [-0.39, 0.29) is 5.41 Å². The molecule has 0 atom stereocenters. The van der Waals surface area contributed by atoms with E-state index in [1.807, 2.05) is 24.7 Å². The lowest BCUT2D eigenvalue weighted by atomic mass is 9.73. The van der Waals surface area contributed by atoms with Crippen LogP contribution in [-0.4, -0.2) is 18.9 Å². The second kappa shape index (κ2) is 11.0. The van der Waals surface area contributed by atoms with Gasteiger partial charge in [-0.1, -0.05) is 86.6 Å². The summed E-state index contributed by atoms with van der Waals surface area (Å²) in [6.45, 7) is 4.67. The summed E-state index contributed by atoms with van der Waals surface area (Å²) in [5.41, 5.74) is 9.94. The van der Waals surface area contributed by atoms with Gasteiger partial charge in [-0.15, -0.1) is 0 Å². The van der Waals surface area contributed by atoms with Gasteiger partial charge in [-0.2, -0.15) is 0 Å². The van der Waals surface area contributed by atoms with Crippen LogP contribution in [0.2, 0.25) is 0 Å². The molecule has 252 valence electrons. The van der Waals surface area contributed by atoms with Gasteiger partial charge in [0.25, 0.3) is 0 Å². The molecular formula is C47H33N5O. The lowest BCUT2D eigenvalue weighted by Gasteiger charge is -2.42. The van der Waals surface area contributed by atoms with Crippen LogP contribution in [0.1, 0.15) is 25.0 Å². The highest BCUT2D eigenvalue weighted by atomic mass is 16.5. The van der Waals surface area contributed by atoms with Gasteiger partial charge in [0.1, 0.15) is 23.0 Å². The molecule has 11 rings (SSSR count). The summed E-state index contributed by atoms with van der Waals surface area (Å²) in [6.07, 6.45) is 5.74. The zero-order chi connectivity index (χ0) is 35.3. The molecule has 53 heavy (non-hydrogen) atoms. The zero-order valence-electron chi connectivity index (χ0n) is 29.2. The number of imidazole rings is 1. The summed E-state index contributed by atoms with van der Waals surface area (Å²) >= 11 is 0. The first-order valence-electron chi connectivity index (χ1n) is 18.0. The van der Waals surface area contributed by atoms with E-state index in [2.05, 4.69) is 167 Å². The standard InChI is InChI=1S/C47H33N5O/c1-47(2)38-15-7-9-17-41(38)51(30-12-4-3-5-13-30)45-39(47)24-23-36-35-22-20-32(29-42(35)52(44(36)45)43-18-10-11-25-48-43)53-31-19-21-33-34-14-6-8-16-40(34)50-27-26-49-46(50)37(33)28-31/h3-29H,1-2H3. The topological polar surface area (TPSA) is 47.6 Å². The molecule has 0 fully saturated rings. The Hall–Kier alpha value is -6.92. The van der Waals surface area contributed by atoms with Crippen molar-refractivity contribution >= 4 is 66.2 Å². The molecule has 0 aliphatic carbocycles. The van der Waals surface area contributed by atoms with Gasteiger partial charge in [-0.05, 0) is 83.2 Å². The second-order valence-electron chi connectivity index (χ2n) is 14.3. The maximum absolute atomic E-state index is 6.72. The van der Waals surface area contributed by atoms with Crippen molar-refractivity contribution in [3.8, 4) is 17.3 Å². The Labute approximate surface area is 305 Å². The van der Waals surface area contributed by atoms with Crippen molar-refractivity contribution in [2.24, 2.45) is 0 Å². The van der Waals surface area contributed by atoms with Crippen LogP contribution >= 0.6 is 0 Å². The van der Waals surface area contributed by atoms with E-state index in [1.165, 1.54) is 22.2 Å². The highest BCUT2D eigenvalue weighted by molar-refractivity contribution is 6.16. The van der Waals surface area contributed by atoms with Crippen LogP contribution < -0.4 is 9.64 Å². The largest absolute Gasteiger partial charge is 0.457 e. The molecule has 6 nitrogen and oxygen atoms in total. The number of anilines is 3. The summed E-state index contributed by atoms with van der Waals surface area (Å²) in [7, 11) is 0. The SMILES string of the molecule is CC1(C)c2ccccc2N(c2ccccc2)c2c1ccc1c3ccc(Oc4ccc5c6ccccc6n6ccnc6c5c4)cc3n(-c3ccccn3)c21. The monoisotopic (exact) mass is 683 g/mol. The molecule has 6 aromatic carbocycles. The molecule has 1 aliphatic rings. The molecule has 0 radical (unpaired) electrons. The van der Waals surface area contributed by atoms with E-state index in [0.29, 0.717) is 0 Å². The summed E-state index contributed by atoms with van der Waals surface area (Å²) < 4.78 is 11.2. The van der Waals surface area contributed by atoms with Gasteiger partial charge in [0.05, 0.1) is 27.9 Å². The molecule has 6 heteroatoms. The van der Waals surface area contributed by atoms with E-state index < -0.39 is 0 Å². The van der Waals surface area contributed by atoms with Gasteiger partial charge >= 0.3 is 0 Å². The van der Waals surface area contributed by atoms with Crippen molar-refractivity contribution in [1.29, 1.82) is 0 Å². The van der Waals surface area contributed by atoms with E-state index >= 15 is 0 Å². The Morgan fingerprint density at radius 2 is 1.28 bits per heavy atom. The number of benzene rings is 6. The Kier molecular flexibility index (Phi) is 6.20. The fraction of sp³-hybridized carbons (Fsp3) is 0.0638. The van der Waals surface area contributed by atoms with Crippen LogP contribution in [0.4, 0.5) is 17.1 Å². The van der Waals surface area contributed by atoms with Crippen molar-refractivity contribution in [2.75, 3.05) is 4.90 Å². The van der Waals surface area contributed by atoms with Crippen LogP contribution in [0.15, 0.2) is 164 Å². The number of hydrogen-bond donors (Lipinski definition) is 0. The zero-order valence-corrected chi connectivity index (χ0v) is 29.2. The Balaban J connectivity index is 1.15. The summed E-state index contributed by atoms with van der Waals surface area (Å²) in [6, 6.07) is 51.4. The number of aromatic nitrogens is 4. The minimum absolute atomic E-state index is 0.243. The van der Waals surface area contributed by atoms with Crippen molar-refractivity contribution in [2.45, 2.75) is 19.3 Å². The molecule has 0 spiro atoms. The molecule has 0 amide bonds. The molecule has 1 aliphatic heterocycles. The van der Waals surface area contributed by atoms with Gasteiger partial charge in [0.15, 0.2) is 0 Å². The minimum Gasteiger partial charge on any atom is -0.457 e. The van der Waals surface area contributed by atoms with Crippen molar-refractivity contribution in [3.63, 3.8) is 0 Å². The number of hydrogen-bond acceptors (Lipinski definition) is 4. The van der Waals surface area contributed by atoms with Gasteiger partial charge < -0.3 is 9.64 Å². The third-order valence-electron chi connectivity index (χ3n) is 11.0. The first-order chi connectivity index (χ1) is 26.1. The third-order valence-corrected chi connectivity index (χ3v) is 11.0. The Morgan fingerprint density at radius 1 is 0.547 bits per heavy atom. The predicted molar refractivity (Wildman–Crippen MR) is 216 cm³/mol. The van der Waals surface area contributed by atoms with E-state index in [9.17, 15) is 0 Å². The summed E-state index contributed by atoms with van der Waals surface area (Å²) in [5, 5.41) is 5.67. The normalized spacial score (nSPS) is 13.6. The highest BCUT2D eigenvalue weighted by Gasteiger charge is 2.39. The van der Waals surface area contributed by atoms with Gasteiger partial charge in [-0.25, -0.2) is 9.97 Å². The van der Waals surface area contributed by atoms with Crippen LogP contribution in [0, 0.1) is 0 Å². The number of ether oxygens (including phenoxy) is 1. The highest BCUT2D eigenvalue weighted by Crippen LogP contribution is 2.55. The lowest BCUT2D eigenvalue weighted by molar-refractivity contribution is 0.484. The average molecular weight is 684 g/mol. The quantitative estimate of drug-likeness (QED) is 0.173. The molecule has 0 unspecified atom stereocenters. The number of para-hydroxylation sites is 3. The molecule has 0 N–H and O–H groups in total. The van der Waals surface area contributed by atoms with Crippen LogP contribution in [0.25, 0.3) is 54.9 Å². The van der Waals surface area contributed by atoms with Gasteiger partial charge in [0, 0.05) is 57.3 Å². The first kappa shape index (κ1) is 29.8. The second-order valence-corrected chi connectivity index (χ2v) is 14.3. The fourth-order valence-electron chi connectivity index (χ4n) is 8.65. The lowest BCUT2D eigenvalue weighted by Crippen LogP contribution is -2.31. The van der Waals surface area contributed by atoms with E-state index in [1.54, 1.807) is 0 Å². The average Bonchev–Trinajstić information content (AvgIpc) is 3.83. The molecule has 0 bridgehead atoms. The number of pyridine rings is 2. The molecule has 4 aromatic heterocycles. The van der Waals surface area contributed by atoms with Crippen molar-refractivity contribution in [1.82, 2.24) is 18.9 Å². The van der Waals surface area contributed by atoms with Crippen LogP contribution in [-0.2, 0) is 5.41 Å². The smallest absolute Gasteiger partial charge is 0.145 e. The molecule has 5 heterocycles. The van der Waals surface area contributed by atoms with E-state index in [0.717, 1.165) is 72.4 Å². The third kappa shape index (κ3) is 4.26. The van der Waals surface area contributed by atoms with Gasteiger partial charge in [-0.3, -0.25) is 8.97 Å². The molecule has 0 saturated carbocycles. The first-order valence-corrected chi connectivity index (χ1v) is 18.0. The Bertz CT molecular complexity index is 3070. The van der Waals surface area contributed by atoms with Crippen LogP contribution in [0.3, 0.4) is 0 Å². The van der Waals surface area contributed by atoms with Crippen LogP contribution in [0.5, 0.6) is 11.5 Å². The maximum atomic E-state index is 6.72. The van der Waals surface area contributed by atoms with E-state index in [4.69, 9.17) is 14.7 Å². The molecule has 0 saturated heterocycles. The Morgan fingerprint density at radius 3 is 2.15 bits per heavy atom. The fourth-order valence-corrected chi connectivity index (χ4v) is 8.65. The summed E-state index contributed by atoms with van der Waals surface area (Å²) in [4.78, 5) is 12.1. The molecule has 10 aromatic rings. The minimum atomic E-state index is -0.243. The maximum Gasteiger partial charge on any atom is 0.145 e. The van der Waals surface area contributed by atoms with Crippen molar-refractivity contribution in [3.05, 3.63) is 175 Å². The number of nitrogens with zero attached hydrogens (tertiary/aromatic N) is 5. The molecular weight excluding hydrogens is 651 g/mol. The van der Waals surface area contributed by atoms with Gasteiger partial charge in [0.2, 0.25) is 0 Å². The number of rotatable bonds is 4. The summed E-state index contributed by atoms with van der Waals surface area (Å²) in [5.74, 6) is 2.35. The number of fused-ring (bicyclic) bond motifs is 12. The van der Waals surface area contributed by atoms with Crippen molar-refractivity contribution < 1.29 is 4.74 Å². The predicted octanol–water partition coefficient (Wildman–Crippen LogP) is 12.0.